The van der Waals surface area contributed by atoms with Crippen molar-refractivity contribution in [1.29, 1.82) is 0 Å². The summed E-state index contributed by atoms with van der Waals surface area (Å²) in [6.07, 6.45) is 2.25. The van der Waals surface area contributed by atoms with Crippen LogP contribution in [0.25, 0.3) is 0 Å². The van der Waals surface area contributed by atoms with E-state index in [0.29, 0.717) is 0 Å². The van der Waals surface area contributed by atoms with Crippen LogP contribution in [0.2, 0.25) is 0 Å². The average Bonchev–Trinajstić information content (AvgIpc) is 3.20. The molecule has 1 aromatic carbocycles. The molecular formula is C16H25NO. The molecule has 0 amide bonds. The molecule has 0 radical (unpaired) electrons. The maximum Gasteiger partial charge on any atom is 0.0853 e. The predicted octanol–water partition coefficient (Wildman–Crippen LogP) is 3.23. The van der Waals surface area contributed by atoms with Gasteiger partial charge >= 0.3 is 0 Å². The van der Waals surface area contributed by atoms with Crippen LogP contribution < -0.4 is 0 Å². The monoisotopic (exact) mass is 247 g/mol. The van der Waals surface area contributed by atoms with E-state index in [0.717, 1.165) is 24.7 Å². The van der Waals surface area contributed by atoms with Crippen LogP contribution in [0.1, 0.15) is 45.3 Å². The van der Waals surface area contributed by atoms with Gasteiger partial charge < -0.3 is 10.0 Å². The lowest BCUT2D eigenvalue weighted by Crippen LogP contribution is -2.39. The second kappa shape index (κ2) is 5.41. The molecule has 2 nitrogen and oxygen atoms in total. The first-order chi connectivity index (χ1) is 8.54. The maximum absolute atomic E-state index is 10.6. The van der Waals surface area contributed by atoms with Crippen molar-refractivity contribution in [2.75, 3.05) is 13.1 Å². The highest BCUT2D eigenvalue weighted by atomic mass is 16.3. The number of benzene rings is 1. The van der Waals surface area contributed by atoms with Crippen LogP contribution in [0.3, 0.4) is 0 Å². The van der Waals surface area contributed by atoms with Crippen molar-refractivity contribution in [1.82, 2.24) is 4.90 Å². The van der Waals surface area contributed by atoms with Gasteiger partial charge in [0, 0.05) is 18.0 Å². The average molecular weight is 247 g/mol. The van der Waals surface area contributed by atoms with Crippen molar-refractivity contribution in [3.8, 4) is 0 Å². The van der Waals surface area contributed by atoms with E-state index in [9.17, 15) is 5.11 Å². The van der Waals surface area contributed by atoms with Crippen molar-refractivity contribution in [2.24, 2.45) is 5.41 Å². The number of nitrogens with zero attached hydrogens (tertiary/aromatic N) is 1. The number of hydrogen-bond acceptors (Lipinski definition) is 2. The second-order valence-corrected chi connectivity index (χ2v) is 6.10. The summed E-state index contributed by atoms with van der Waals surface area (Å²) < 4.78 is 0. The summed E-state index contributed by atoms with van der Waals surface area (Å²) in [5.74, 6) is 0. The van der Waals surface area contributed by atoms with Crippen molar-refractivity contribution < 1.29 is 5.11 Å². The van der Waals surface area contributed by atoms with E-state index in [1.807, 2.05) is 30.3 Å². The van der Waals surface area contributed by atoms with E-state index in [2.05, 4.69) is 25.7 Å². The second-order valence-electron chi connectivity index (χ2n) is 6.10. The number of rotatable bonds is 6. The molecule has 1 unspecified atom stereocenters. The van der Waals surface area contributed by atoms with Crippen LogP contribution in [-0.4, -0.2) is 29.1 Å². The van der Waals surface area contributed by atoms with E-state index in [1.165, 1.54) is 12.8 Å². The van der Waals surface area contributed by atoms with Crippen molar-refractivity contribution in [3.63, 3.8) is 0 Å². The maximum atomic E-state index is 10.6. The van der Waals surface area contributed by atoms with Crippen LogP contribution in [0.4, 0.5) is 0 Å². The van der Waals surface area contributed by atoms with Crippen molar-refractivity contribution in [2.45, 2.75) is 45.8 Å². The molecule has 0 heterocycles. The molecule has 0 bridgehead atoms. The summed E-state index contributed by atoms with van der Waals surface area (Å²) in [5, 5.41) is 10.6. The molecular weight excluding hydrogens is 222 g/mol. The lowest BCUT2D eigenvalue weighted by atomic mass is 9.82. The van der Waals surface area contributed by atoms with Gasteiger partial charge in [-0.2, -0.15) is 0 Å². The lowest BCUT2D eigenvalue weighted by molar-refractivity contribution is 0.0194. The number of hydrogen-bond donors (Lipinski definition) is 1. The standard InChI is InChI=1S/C16H25NO/c1-4-17(14-10-11-14)12-16(2,3)15(18)13-8-6-5-7-9-13/h5-9,14-15,18H,4,10-12H2,1-3H3. The van der Waals surface area contributed by atoms with Crippen LogP contribution in [0.5, 0.6) is 0 Å². The van der Waals surface area contributed by atoms with E-state index in [4.69, 9.17) is 0 Å². The van der Waals surface area contributed by atoms with E-state index < -0.39 is 6.10 Å². The van der Waals surface area contributed by atoms with Crippen molar-refractivity contribution >= 4 is 0 Å². The SMILES string of the molecule is CCN(CC(C)(C)C(O)c1ccccc1)C1CC1. The molecule has 1 aliphatic rings. The van der Waals surface area contributed by atoms with Crippen LogP contribution in [0.15, 0.2) is 30.3 Å². The Morgan fingerprint density at radius 3 is 2.39 bits per heavy atom. The normalized spacial score (nSPS) is 18.1. The zero-order valence-electron chi connectivity index (χ0n) is 11.8. The zero-order chi connectivity index (χ0) is 13.2. The highest BCUT2D eigenvalue weighted by Gasteiger charge is 2.36. The Bertz CT molecular complexity index is 370. The molecule has 1 aromatic rings. The number of aliphatic hydroxyl groups is 1. The fraction of sp³-hybridized carbons (Fsp3) is 0.625. The van der Waals surface area contributed by atoms with E-state index in [-0.39, 0.29) is 5.41 Å². The molecule has 0 aliphatic heterocycles. The highest BCUT2D eigenvalue weighted by molar-refractivity contribution is 5.19. The minimum atomic E-state index is -0.397. The van der Waals surface area contributed by atoms with Gasteiger partial charge in [-0.3, -0.25) is 0 Å². The summed E-state index contributed by atoms with van der Waals surface area (Å²) in [6, 6.07) is 10.8. The topological polar surface area (TPSA) is 23.5 Å². The molecule has 0 saturated heterocycles. The minimum Gasteiger partial charge on any atom is -0.388 e. The third-order valence-corrected chi connectivity index (χ3v) is 3.94. The molecule has 1 fully saturated rings. The largest absolute Gasteiger partial charge is 0.388 e. The molecule has 1 N–H and O–H groups in total. The molecule has 0 spiro atoms. The molecule has 2 rings (SSSR count). The summed E-state index contributed by atoms with van der Waals surface area (Å²) in [7, 11) is 0. The van der Waals surface area contributed by atoms with Gasteiger partial charge in [-0.25, -0.2) is 0 Å². The van der Waals surface area contributed by atoms with E-state index in [1.54, 1.807) is 0 Å². The number of aliphatic hydroxyl groups excluding tert-OH is 1. The van der Waals surface area contributed by atoms with Crippen LogP contribution in [0, 0.1) is 5.41 Å². The van der Waals surface area contributed by atoms with Gasteiger partial charge in [0.2, 0.25) is 0 Å². The molecule has 100 valence electrons. The first-order valence-corrected chi connectivity index (χ1v) is 7.01. The minimum absolute atomic E-state index is 0.111. The Balaban J connectivity index is 2.04. The zero-order valence-corrected chi connectivity index (χ0v) is 11.8. The first kappa shape index (κ1) is 13.6. The third-order valence-electron chi connectivity index (χ3n) is 3.94. The fourth-order valence-corrected chi connectivity index (χ4v) is 2.64. The molecule has 0 aromatic heterocycles. The summed E-state index contributed by atoms with van der Waals surface area (Å²) in [5.41, 5.74) is 0.911. The van der Waals surface area contributed by atoms with E-state index >= 15 is 0 Å². The highest BCUT2D eigenvalue weighted by Crippen LogP contribution is 2.37. The Labute approximate surface area is 111 Å². The summed E-state index contributed by atoms with van der Waals surface area (Å²) >= 11 is 0. The van der Waals surface area contributed by atoms with Gasteiger partial charge in [0.15, 0.2) is 0 Å². The Morgan fingerprint density at radius 2 is 1.89 bits per heavy atom. The molecule has 18 heavy (non-hydrogen) atoms. The van der Waals surface area contributed by atoms with Crippen molar-refractivity contribution in [3.05, 3.63) is 35.9 Å². The Hall–Kier alpha value is -0.860. The Kier molecular flexibility index (Phi) is 4.08. The first-order valence-electron chi connectivity index (χ1n) is 7.01. The smallest absolute Gasteiger partial charge is 0.0853 e. The molecule has 2 heteroatoms. The lowest BCUT2D eigenvalue weighted by Gasteiger charge is -2.36. The van der Waals surface area contributed by atoms with Crippen LogP contribution >= 0.6 is 0 Å². The van der Waals surface area contributed by atoms with Gasteiger partial charge in [0.25, 0.3) is 0 Å². The van der Waals surface area contributed by atoms with Gasteiger partial charge in [-0.05, 0) is 24.9 Å². The Morgan fingerprint density at radius 1 is 1.28 bits per heavy atom. The fourth-order valence-electron chi connectivity index (χ4n) is 2.64. The summed E-state index contributed by atoms with van der Waals surface area (Å²) in [4.78, 5) is 2.51. The molecule has 1 aliphatic carbocycles. The quantitative estimate of drug-likeness (QED) is 0.834. The summed E-state index contributed by atoms with van der Waals surface area (Å²) in [6.45, 7) is 8.58. The van der Waals surface area contributed by atoms with Gasteiger partial charge in [0.1, 0.15) is 0 Å². The molecule has 1 saturated carbocycles. The van der Waals surface area contributed by atoms with Gasteiger partial charge in [-0.15, -0.1) is 0 Å². The molecule has 1 atom stereocenters. The third kappa shape index (κ3) is 3.12. The van der Waals surface area contributed by atoms with Gasteiger partial charge in [-0.1, -0.05) is 51.1 Å². The van der Waals surface area contributed by atoms with Gasteiger partial charge in [0.05, 0.1) is 6.10 Å². The predicted molar refractivity (Wildman–Crippen MR) is 75.5 cm³/mol. The van der Waals surface area contributed by atoms with Crippen LogP contribution in [-0.2, 0) is 0 Å².